The number of amides is 2. The molecule has 2 aromatic rings. The van der Waals surface area contributed by atoms with E-state index in [0.29, 0.717) is 34.9 Å². The van der Waals surface area contributed by atoms with Crippen molar-refractivity contribution >= 4 is 17.5 Å². The third kappa shape index (κ3) is 2.90. The van der Waals surface area contributed by atoms with Crippen LogP contribution in [0.1, 0.15) is 26.3 Å². The summed E-state index contributed by atoms with van der Waals surface area (Å²) >= 11 is 0. The minimum absolute atomic E-state index is 0.119. The molecule has 24 heavy (non-hydrogen) atoms. The number of rotatable bonds is 4. The summed E-state index contributed by atoms with van der Waals surface area (Å²) in [4.78, 5) is 24.5. The first kappa shape index (κ1) is 15.9. The van der Waals surface area contributed by atoms with Crippen LogP contribution in [0.15, 0.2) is 36.4 Å². The van der Waals surface area contributed by atoms with Gasteiger partial charge in [0, 0.05) is 17.8 Å². The summed E-state index contributed by atoms with van der Waals surface area (Å²) in [7, 11) is 3.00. The zero-order chi connectivity index (χ0) is 17.1. The number of carbonyl (C=O) groups is 2. The number of ether oxygens (including phenoxy) is 2. The van der Waals surface area contributed by atoms with Crippen molar-refractivity contribution < 1.29 is 19.1 Å². The Bertz CT molecular complexity index is 802. The van der Waals surface area contributed by atoms with Crippen LogP contribution in [0.3, 0.4) is 0 Å². The largest absolute Gasteiger partial charge is 0.493 e. The van der Waals surface area contributed by atoms with E-state index in [1.807, 2.05) is 6.07 Å². The van der Waals surface area contributed by atoms with E-state index in [1.165, 1.54) is 14.2 Å². The number of nitrogens with one attached hydrogen (secondary N) is 2. The smallest absolute Gasteiger partial charge is 0.259 e. The molecular formula is C18H18N2O4. The molecule has 1 heterocycles. The van der Waals surface area contributed by atoms with Crippen LogP contribution in [0.5, 0.6) is 11.5 Å². The van der Waals surface area contributed by atoms with E-state index in [-0.39, 0.29) is 11.8 Å². The van der Waals surface area contributed by atoms with Crippen LogP contribution >= 0.6 is 0 Å². The number of para-hydroxylation sites is 1. The lowest BCUT2D eigenvalue weighted by Gasteiger charge is -2.18. The first-order valence-electron chi connectivity index (χ1n) is 7.57. The molecule has 2 aromatic carbocycles. The molecule has 0 aromatic heterocycles. The average molecular weight is 326 g/mol. The summed E-state index contributed by atoms with van der Waals surface area (Å²) in [5.41, 5.74) is 2.49. The van der Waals surface area contributed by atoms with Crippen molar-refractivity contribution in [3.05, 3.63) is 53.1 Å². The molecule has 1 aliphatic heterocycles. The predicted octanol–water partition coefficient (Wildman–Crippen LogP) is 2.24. The maximum absolute atomic E-state index is 12.6. The second-order valence-corrected chi connectivity index (χ2v) is 5.37. The molecule has 6 nitrogen and oxygen atoms in total. The second-order valence-electron chi connectivity index (χ2n) is 5.37. The quantitative estimate of drug-likeness (QED) is 0.903. The lowest BCUT2D eigenvalue weighted by atomic mass is 9.99. The highest BCUT2D eigenvalue weighted by atomic mass is 16.5. The third-order valence-electron chi connectivity index (χ3n) is 3.94. The molecule has 0 aliphatic carbocycles. The Morgan fingerprint density at radius 3 is 2.75 bits per heavy atom. The van der Waals surface area contributed by atoms with Crippen molar-refractivity contribution in [2.45, 2.75) is 6.42 Å². The van der Waals surface area contributed by atoms with Crippen LogP contribution in [0, 0.1) is 0 Å². The van der Waals surface area contributed by atoms with E-state index in [0.717, 1.165) is 12.0 Å². The minimum atomic E-state index is -0.332. The predicted molar refractivity (Wildman–Crippen MR) is 90.0 cm³/mol. The molecule has 0 spiro atoms. The average Bonchev–Trinajstić information content (AvgIpc) is 2.61. The van der Waals surface area contributed by atoms with Crippen molar-refractivity contribution in [3.63, 3.8) is 0 Å². The van der Waals surface area contributed by atoms with Gasteiger partial charge in [-0.2, -0.15) is 0 Å². The van der Waals surface area contributed by atoms with Crippen molar-refractivity contribution in [2.75, 3.05) is 26.1 Å². The first-order chi connectivity index (χ1) is 11.6. The van der Waals surface area contributed by atoms with Crippen molar-refractivity contribution in [3.8, 4) is 11.5 Å². The number of hydrogen-bond donors (Lipinski definition) is 2. The highest BCUT2D eigenvalue weighted by Crippen LogP contribution is 2.31. The molecule has 124 valence electrons. The molecule has 0 radical (unpaired) electrons. The molecular weight excluding hydrogens is 308 g/mol. The molecule has 3 rings (SSSR count). The summed E-state index contributed by atoms with van der Waals surface area (Å²) < 4.78 is 10.5. The fourth-order valence-corrected chi connectivity index (χ4v) is 2.75. The van der Waals surface area contributed by atoms with Gasteiger partial charge in [0.05, 0.1) is 19.8 Å². The summed E-state index contributed by atoms with van der Waals surface area (Å²) in [6.07, 6.45) is 0.791. The lowest BCUT2D eigenvalue weighted by Crippen LogP contribution is -2.31. The van der Waals surface area contributed by atoms with Crippen LogP contribution in [-0.4, -0.2) is 32.6 Å². The van der Waals surface area contributed by atoms with E-state index in [2.05, 4.69) is 10.6 Å². The van der Waals surface area contributed by atoms with E-state index >= 15 is 0 Å². The Morgan fingerprint density at radius 2 is 2.00 bits per heavy atom. The second kappa shape index (κ2) is 6.62. The monoisotopic (exact) mass is 326 g/mol. The van der Waals surface area contributed by atoms with E-state index in [9.17, 15) is 9.59 Å². The molecule has 0 bridgehead atoms. The molecule has 6 heteroatoms. The van der Waals surface area contributed by atoms with Crippen molar-refractivity contribution in [1.29, 1.82) is 0 Å². The Balaban J connectivity index is 1.88. The highest BCUT2D eigenvalue weighted by Gasteiger charge is 2.19. The topological polar surface area (TPSA) is 76.7 Å². The van der Waals surface area contributed by atoms with Gasteiger partial charge in [-0.25, -0.2) is 0 Å². The number of benzene rings is 2. The first-order valence-corrected chi connectivity index (χ1v) is 7.57. The lowest BCUT2D eigenvalue weighted by molar-refractivity contribution is 0.0944. The molecule has 2 N–H and O–H groups in total. The number of fused-ring (bicyclic) bond motifs is 1. The van der Waals surface area contributed by atoms with E-state index < -0.39 is 0 Å². The Hall–Kier alpha value is -3.02. The van der Waals surface area contributed by atoms with Gasteiger partial charge in [0.15, 0.2) is 11.5 Å². The molecule has 0 atom stereocenters. The maximum atomic E-state index is 12.6. The Labute approximate surface area is 139 Å². The van der Waals surface area contributed by atoms with Gasteiger partial charge in [-0.05, 0) is 36.2 Å². The van der Waals surface area contributed by atoms with Crippen LogP contribution in [0.25, 0.3) is 0 Å². The van der Waals surface area contributed by atoms with E-state index in [1.54, 1.807) is 30.3 Å². The summed E-state index contributed by atoms with van der Waals surface area (Å²) in [6, 6.07) is 10.4. The minimum Gasteiger partial charge on any atom is -0.493 e. The number of methoxy groups -OCH3 is 2. The van der Waals surface area contributed by atoms with Crippen molar-refractivity contribution in [1.82, 2.24) is 5.32 Å². The normalized spacial score (nSPS) is 12.8. The summed E-state index contributed by atoms with van der Waals surface area (Å²) in [5.74, 6) is 0.399. The maximum Gasteiger partial charge on any atom is 0.259 e. The summed E-state index contributed by atoms with van der Waals surface area (Å²) in [6.45, 7) is 0.637. The molecule has 0 saturated carbocycles. The standard InChI is InChI=1S/C18H18N2O4/c1-23-15-5-3-4-13(16(15)24-2)18(22)20-12-7-6-11-8-9-19-17(21)14(11)10-12/h3-7,10H,8-9H2,1-2H3,(H,19,21)(H,20,22). The van der Waals surface area contributed by atoms with Crippen LogP contribution < -0.4 is 20.1 Å². The number of hydrogen-bond acceptors (Lipinski definition) is 4. The van der Waals surface area contributed by atoms with Gasteiger partial charge in [0.25, 0.3) is 11.8 Å². The van der Waals surface area contributed by atoms with E-state index in [4.69, 9.17) is 9.47 Å². The molecule has 0 fully saturated rings. The molecule has 1 aliphatic rings. The fraction of sp³-hybridized carbons (Fsp3) is 0.222. The fourth-order valence-electron chi connectivity index (χ4n) is 2.75. The zero-order valence-corrected chi connectivity index (χ0v) is 13.5. The van der Waals surface area contributed by atoms with Gasteiger partial charge in [0.1, 0.15) is 0 Å². The highest BCUT2D eigenvalue weighted by molar-refractivity contribution is 6.07. The molecule has 0 saturated heterocycles. The number of carbonyl (C=O) groups excluding carboxylic acids is 2. The SMILES string of the molecule is COc1cccc(C(=O)Nc2ccc3c(c2)C(=O)NCC3)c1OC. The summed E-state index contributed by atoms with van der Waals surface area (Å²) in [5, 5.41) is 5.60. The van der Waals surface area contributed by atoms with Gasteiger partial charge in [-0.1, -0.05) is 12.1 Å². The molecule has 2 amide bonds. The Morgan fingerprint density at radius 1 is 1.17 bits per heavy atom. The van der Waals surface area contributed by atoms with Gasteiger partial charge < -0.3 is 20.1 Å². The third-order valence-corrected chi connectivity index (χ3v) is 3.94. The van der Waals surface area contributed by atoms with Crippen LogP contribution in [0.2, 0.25) is 0 Å². The van der Waals surface area contributed by atoms with Gasteiger partial charge >= 0.3 is 0 Å². The zero-order valence-electron chi connectivity index (χ0n) is 13.5. The van der Waals surface area contributed by atoms with Crippen LogP contribution in [0.4, 0.5) is 5.69 Å². The van der Waals surface area contributed by atoms with Crippen molar-refractivity contribution in [2.24, 2.45) is 0 Å². The number of anilines is 1. The van der Waals surface area contributed by atoms with Gasteiger partial charge in [-0.3, -0.25) is 9.59 Å². The van der Waals surface area contributed by atoms with Gasteiger partial charge in [-0.15, -0.1) is 0 Å². The van der Waals surface area contributed by atoms with Gasteiger partial charge in [0.2, 0.25) is 0 Å². The molecule has 0 unspecified atom stereocenters. The van der Waals surface area contributed by atoms with Crippen LogP contribution in [-0.2, 0) is 6.42 Å². The Kier molecular flexibility index (Phi) is 4.37.